The molecule has 5 nitrogen and oxygen atoms in total. The number of para-hydroxylation sites is 1. The van der Waals surface area contributed by atoms with Gasteiger partial charge in [0, 0.05) is 5.56 Å². The standard InChI is InChI=1S/C18H21NO4S/c1-14(2)23-16-7-9-17(10-8-16)24(20,21)19-11-12-22-13-15-5-3-4-6-18(15)19/h3-10,14H,11-13H2,1-2H3. The summed E-state index contributed by atoms with van der Waals surface area (Å²) in [7, 11) is -3.65. The van der Waals surface area contributed by atoms with Crippen molar-refractivity contribution in [3.8, 4) is 5.75 Å². The average molecular weight is 347 g/mol. The molecule has 0 bridgehead atoms. The van der Waals surface area contributed by atoms with Gasteiger partial charge in [0.25, 0.3) is 10.0 Å². The molecule has 3 rings (SSSR count). The van der Waals surface area contributed by atoms with Crippen LogP contribution in [-0.4, -0.2) is 27.7 Å². The summed E-state index contributed by atoms with van der Waals surface area (Å²) in [4.78, 5) is 0.246. The predicted octanol–water partition coefficient (Wildman–Crippen LogP) is 3.20. The van der Waals surface area contributed by atoms with E-state index in [-0.39, 0.29) is 11.0 Å². The highest BCUT2D eigenvalue weighted by Gasteiger charge is 2.28. The summed E-state index contributed by atoms with van der Waals surface area (Å²) in [6, 6.07) is 14.0. The van der Waals surface area contributed by atoms with Crippen LogP contribution in [0.5, 0.6) is 5.75 Å². The molecule has 0 atom stereocenters. The first-order valence-corrected chi connectivity index (χ1v) is 9.37. The maximum Gasteiger partial charge on any atom is 0.264 e. The SMILES string of the molecule is CC(C)Oc1ccc(S(=O)(=O)N2CCOCc3ccccc32)cc1. The molecule has 0 N–H and O–H groups in total. The van der Waals surface area contributed by atoms with Gasteiger partial charge in [-0.1, -0.05) is 18.2 Å². The Morgan fingerprint density at radius 3 is 2.50 bits per heavy atom. The van der Waals surface area contributed by atoms with Crippen LogP contribution in [0.3, 0.4) is 0 Å². The van der Waals surface area contributed by atoms with Crippen molar-refractivity contribution in [1.82, 2.24) is 0 Å². The monoisotopic (exact) mass is 347 g/mol. The van der Waals surface area contributed by atoms with Crippen LogP contribution >= 0.6 is 0 Å². The van der Waals surface area contributed by atoms with Crippen molar-refractivity contribution in [2.75, 3.05) is 17.5 Å². The van der Waals surface area contributed by atoms with Crippen LogP contribution in [0.1, 0.15) is 19.4 Å². The maximum atomic E-state index is 13.1. The van der Waals surface area contributed by atoms with Crippen LogP contribution in [0.25, 0.3) is 0 Å². The van der Waals surface area contributed by atoms with E-state index in [9.17, 15) is 8.42 Å². The molecule has 2 aromatic carbocycles. The van der Waals surface area contributed by atoms with Crippen molar-refractivity contribution in [3.05, 3.63) is 54.1 Å². The molecule has 1 heterocycles. The molecule has 0 aromatic heterocycles. The fraction of sp³-hybridized carbons (Fsp3) is 0.333. The number of fused-ring (bicyclic) bond motifs is 1. The molecule has 0 unspecified atom stereocenters. The first-order chi connectivity index (χ1) is 11.5. The van der Waals surface area contributed by atoms with Gasteiger partial charge in [0.05, 0.1) is 36.4 Å². The molecular formula is C18H21NO4S. The minimum Gasteiger partial charge on any atom is -0.491 e. The fourth-order valence-electron chi connectivity index (χ4n) is 2.67. The van der Waals surface area contributed by atoms with Crippen LogP contribution < -0.4 is 9.04 Å². The lowest BCUT2D eigenvalue weighted by molar-refractivity contribution is 0.133. The lowest BCUT2D eigenvalue weighted by Crippen LogP contribution is -2.33. The molecule has 2 aromatic rings. The van der Waals surface area contributed by atoms with E-state index in [0.717, 1.165) is 5.56 Å². The average Bonchev–Trinajstić information content (AvgIpc) is 2.77. The van der Waals surface area contributed by atoms with Gasteiger partial charge in [-0.25, -0.2) is 8.42 Å². The Labute approximate surface area is 142 Å². The number of sulfonamides is 1. The van der Waals surface area contributed by atoms with E-state index in [1.807, 2.05) is 38.1 Å². The Bertz CT molecular complexity index is 800. The zero-order valence-corrected chi connectivity index (χ0v) is 14.6. The highest BCUT2D eigenvalue weighted by atomic mass is 32.2. The van der Waals surface area contributed by atoms with E-state index >= 15 is 0 Å². The van der Waals surface area contributed by atoms with Crippen LogP contribution in [0, 0.1) is 0 Å². The maximum absolute atomic E-state index is 13.1. The second kappa shape index (κ2) is 6.83. The molecule has 0 saturated heterocycles. The number of anilines is 1. The first-order valence-electron chi connectivity index (χ1n) is 7.93. The Balaban J connectivity index is 1.95. The van der Waals surface area contributed by atoms with E-state index in [2.05, 4.69) is 0 Å². The van der Waals surface area contributed by atoms with Gasteiger partial charge < -0.3 is 9.47 Å². The molecule has 1 aliphatic rings. The van der Waals surface area contributed by atoms with Crippen molar-refractivity contribution in [3.63, 3.8) is 0 Å². The quantitative estimate of drug-likeness (QED) is 0.852. The Kier molecular flexibility index (Phi) is 4.78. The van der Waals surface area contributed by atoms with E-state index < -0.39 is 10.0 Å². The number of hydrogen-bond donors (Lipinski definition) is 0. The molecule has 1 aliphatic heterocycles. The summed E-state index contributed by atoms with van der Waals surface area (Å²) in [5, 5.41) is 0. The van der Waals surface area contributed by atoms with Gasteiger partial charge in [-0.3, -0.25) is 4.31 Å². The third-order valence-electron chi connectivity index (χ3n) is 3.74. The largest absolute Gasteiger partial charge is 0.491 e. The smallest absolute Gasteiger partial charge is 0.264 e. The van der Waals surface area contributed by atoms with Gasteiger partial charge in [0.1, 0.15) is 5.75 Å². The topological polar surface area (TPSA) is 55.8 Å². The zero-order chi connectivity index (χ0) is 17.2. The molecule has 0 amide bonds. The van der Waals surface area contributed by atoms with Gasteiger partial charge in [-0.15, -0.1) is 0 Å². The van der Waals surface area contributed by atoms with Crippen LogP contribution in [0.4, 0.5) is 5.69 Å². The Morgan fingerprint density at radius 2 is 1.79 bits per heavy atom. The number of hydrogen-bond acceptors (Lipinski definition) is 4. The van der Waals surface area contributed by atoms with Gasteiger partial charge in [-0.2, -0.15) is 0 Å². The van der Waals surface area contributed by atoms with Crippen molar-refractivity contribution >= 4 is 15.7 Å². The molecule has 0 saturated carbocycles. The summed E-state index contributed by atoms with van der Waals surface area (Å²) in [6.45, 7) is 4.94. The predicted molar refractivity (Wildman–Crippen MR) is 92.8 cm³/mol. The molecule has 0 aliphatic carbocycles. The molecule has 0 fully saturated rings. The first kappa shape index (κ1) is 16.8. The van der Waals surface area contributed by atoms with Crippen LogP contribution in [0.2, 0.25) is 0 Å². The van der Waals surface area contributed by atoms with Crippen molar-refractivity contribution in [2.45, 2.75) is 31.5 Å². The van der Waals surface area contributed by atoms with Crippen LogP contribution in [-0.2, 0) is 21.4 Å². The zero-order valence-electron chi connectivity index (χ0n) is 13.8. The van der Waals surface area contributed by atoms with E-state index in [1.165, 1.54) is 4.31 Å². The molecule has 24 heavy (non-hydrogen) atoms. The highest BCUT2D eigenvalue weighted by molar-refractivity contribution is 7.92. The van der Waals surface area contributed by atoms with Crippen molar-refractivity contribution in [1.29, 1.82) is 0 Å². The normalized spacial score (nSPS) is 15.0. The number of ether oxygens (including phenoxy) is 2. The Morgan fingerprint density at radius 1 is 1.08 bits per heavy atom. The van der Waals surface area contributed by atoms with Gasteiger partial charge >= 0.3 is 0 Å². The summed E-state index contributed by atoms with van der Waals surface area (Å²) in [5.41, 5.74) is 1.55. The number of nitrogens with zero attached hydrogens (tertiary/aromatic N) is 1. The van der Waals surface area contributed by atoms with Gasteiger partial charge in [-0.05, 0) is 44.2 Å². The summed E-state index contributed by atoms with van der Waals surface area (Å²) >= 11 is 0. The highest BCUT2D eigenvalue weighted by Crippen LogP contribution is 2.30. The molecule has 0 radical (unpaired) electrons. The number of benzene rings is 2. The molecule has 128 valence electrons. The molecule has 0 spiro atoms. The second-order valence-corrected chi connectivity index (χ2v) is 7.76. The fourth-order valence-corrected chi connectivity index (χ4v) is 4.15. The van der Waals surface area contributed by atoms with Crippen molar-refractivity contribution in [2.24, 2.45) is 0 Å². The van der Waals surface area contributed by atoms with Crippen molar-refractivity contribution < 1.29 is 17.9 Å². The third-order valence-corrected chi connectivity index (χ3v) is 5.57. The number of rotatable bonds is 4. The second-order valence-electron chi connectivity index (χ2n) is 5.90. The van der Waals surface area contributed by atoms with Crippen LogP contribution in [0.15, 0.2) is 53.4 Å². The lowest BCUT2D eigenvalue weighted by atomic mass is 10.2. The van der Waals surface area contributed by atoms with E-state index in [1.54, 1.807) is 24.3 Å². The molecule has 6 heteroatoms. The summed E-state index contributed by atoms with van der Waals surface area (Å²) in [5.74, 6) is 0.656. The van der Waals surface area contributed by atoms with E-state index in [4.69, 9.17) is 9.47 Å². The third kappa shape index (κ3) is 3.39. The minimum atomic E-state index is -3.65. The van der Waals surface area contributed by atoms with Gasteiger partial charge in [0.2, 0.25) is 0 Å². The molecular weight excluding hydrogens is 326 g/mol. The summed E-state index contributed by atoms with van der Waals surface area (Å²) in [6.07, 6.45) is 0.0436. The lowest BCUT2D eigenvalue weighted by Gasteiger charge is -2.24. The van der Waals surface area contributed by atoms with Gasteiger partial charge in [0.15, 0.2) is 0 Å². The Hall–Kier alpha value is -2.05. The summed E-state index contributed by atoms with van der Waals surface area (Å²) < 4.78 is 38.6. The van der Waals surface area contributed by atoms with E-state index in [0.29, 0.717) is 31.2 Å². The minimum absolute atomic E-state index is 0.0436.